The molecule has 1 amide bonds. The Labute approximate surface area is 157 Å². The van der Waals surface area contributed by atoms with Gasteiger partial charge >= 0.3 is 0 Å². The molecule has 0 spiro atoms. The highest BCUT2D eigenvalue weighted by molar-refractivity contribution is 7.21. The lowest BCUT2D eigenvalue weighted by atomic mass is 10.2. The van der Waals surface area contributed by atoms with Crippen molar-refractivity contribution in [1.82, 2.24) is 14.8 Å². The molecule has 2 aromatic heterocycles. The predicted molar refractivity (Wildman–Crippen MR) is 100 cm³/mol. The number of aromatic nitrogens is 3. The van der Waals surface area contributed by atoms with Crippen molar-refractivity contribution in [3.63, 3.8) is 0 Å². The number of hydrogen-bond donors (Lipinski definition) is 1. The van der Waals surface area contributed by atoms with E-state index in [0.717, 1.165) is 16.9 Å². The second kappa shape index (κ2) is 6.86. The summed E-state index contributed by atoms with van der Waals surface area (Å²) in [5.41, 5.74) is 1.07. The van der Waals surface area contributed by atoms with Crippen molar-refractivity contribution < 1.29 is 9.18 Å². The Hall–Kier alpha value is -2.77. The van der Waals surface area contributed by atoms with Crippen LogP contribution in [0.5, 0.6) is 0 Å². The van der Waals surface area contributed by atoms with E-state index in [-0.39, 0.29) is 11.8 Å². The highest BCUT2D eigenvalue weighted by Gasteiger charge is 2.19. The Morgan fingerprint density at radius 1 is 1.23 bits per heavy atom. The minimum absolute atomic E-state index is 0.186. The van der Waals surface area contributed by atoms with Crippen LogP contribution in [0, 0.1) is 5.82 Å². The molecule has 0 aliphatic rings. The van der Waals surface area contributed by atoms with Gasteiger partial charge < -0.3 is 0 Å². The van der Waals surface area contributed by atoms with E-state index in [9.17, 15) is 9.18 Å². The van der Waals surface area contributed by atoms with Crippen LogP contribution in [0.4, 0.5) is 10.3 Å². The lowest BCUT2D eigenvalue weighted by Crippen LogP contribution is -2.12. The number of hydrogen-bond acceptors (Lipinski definition) is 4. The van der Waals surface area contributed by atoms with Crippen LogP contribution in [-0.2, 0) is 6.54 Å². The molecule has 0 unspecified atom stereocenters. The third-order valence-corrected chi connectivity index (χ3v) is 5.40. The van der Waals surface area contributed by atoms with Gasteiger partial charge in [-0.25, -0.2) is 14.1 Å². The molecule has 0 atom stereocenters. The van der Waals surface area contributed by atoms with Crippen LogP contribution in [-0.4, -0.2) is 20.7 Å². The number of halogens is 2. The number of benzene rings is 2. The average molecular weight is 387 g/mol. The average Bonchev–Trinajstić information content (AvgIpc) is 3.20. The Morgan fingerprint density at radius 3 is 2.85 bits per heavy atom. The third kappa shape index (κ3) is 3.31. The summed E-state index contributed by atoms with van der Waals surface area (Å²) in [5.74, 6) is -0.608. The lowest BCUT2D eigenvalue weighted by molar-refractivity contribution is 0.103. The van der Waals surface area contributed by atoms with Crippen molar-refractivity contribution in [2.24, 2.45) is 0 Å². The van der Waals surface area contributed by atoms with Crippen LogP contribution in [0.3, 0.4) is 0 Å². The number of carbonyl (C=O) groups excluding carboxylic acids is 1. The van der Waals surface area contributed by atoms with E-state index in [1.165, 1.54) is 12.1 Å². The van der Waals surface area contributed by atoms with Gasteiger partial charge in [-0.15, -0.1) is 16.4 Å². The molecule has 0 radical (unpaired) electrons. The Balaban J connectivity index is 1.53. The molecule has 2 heterocycles. The van der Waals surface area contributed by atoms with Gasteiger partial charge in [0, 0.05) is 10.1 Å². The second-order valence-electron chi connectivity index (χ2n) is 5.59. The van der Waals surface area contributed by atoms with Gasteiger partial charge in [0.05, 0.1) is 11.6 Å². The van der Waals surface area contributed by atoms with E-state index in [4.69, 9.17) is 11.6 Å². The number of anilines is 1. The van der Waals surface area contributed by atoms with Gasteiger partial charge in [-0.3, -0.25) is 10.1 Å². The molecule has 0 saturated carbocycles. The maximum atomic E-state index is 13.3. The van der Waals surface area contributed by atoms with Crippen LogP contribution >= 0.6 is 22.9 Å². The van der Waals surface area contributed by atoms with Crippen LogP contribution in [0.2, 0.25) is 5.02 Å². The molecule has 4 rings (SSSR count). The summed E-state index contributed by atoms with van der Waals surface area (Å²) in [6.45, 7) is 0.548. The topological polar surface area (TPSA) is 59.8 Å². The molecule has 8 heteroatoms. The molecule has 0 aliphatic heterocycles. The van der Waals surface area contributed by atoms with Crippen LogP contribution in [0.25, 0.3) is 10.1 Å². The molecular formula is C18H12ClFN4OS. The fourth-order valence-corrected chi connectivity index (χ4v) is 3.98. The lowest BCUT2D eigenvalue weighted by Gasteiger charge is -2.01. The van der Waals surface area contributed by atoms with Crippen LogP contribution in [0.1, 0.15) is 15.2 Å². The molecular weight excluding hydrogens is 375 g/mol. The van der Waals surface area contributed by atoms with Gasteiger partial charge in [0.2, 0.25) is 5.95 Å². The van der Waals surface area contributed by atoms with E-state index in [2.05, 4.69) is 15.4 Å². The van der Waals surface area contributed by atoms with E-state index in [1.807, 2.05) is 30.3 Å². The Kier molecular flexibility index (Phi) is 4.40. The number of carbonyl (C=O) groups is 1. The standard InChI is InChI=1S/C18H12ClFN4OS/c19-15-13-7-6-12(20)8-14(13)26-16(15)17(25)22-18-21-10-24(23-18)9-11-4-2-1-3-5-11/h1-8,10H,9H2,(H,22,23,25). The molecule has 0 saturated heterocycles. The fraction of sp³-hybridized carbons (Fsp3) is 0.0556. The fourth-order valence-electron chi connectivity index (χ4n) is 2.54. The van der Waals surface area contributed by atoms with Gasteiger partial charge in [0.25, 0.3) is 5.91 Å². The van der Waals surface area contributed by atoms with Gasteiger partial charge in [-0.1, -0.05) is 41.9 Å². The van der Waals surface area contributed by atoms with Gasteiger partial charge in [-0.2, -0.15) is 0 Å². The molecule has 5 nitrogen and oxygen atoms in total. The maximum Gasteiger partial charge on any atom is 0.269 e. The van der Waals surface area contributed by atoms with Gasteiger partial charge in [-0.05, 0) is 23.8 Å². The van der Waals surface area contributed by atoms with Crippen molar-refractivity contribution in [1.29, 1.82) is 0 Å². The summed E-state index contributed by atoms with van der Waals surface area (Å²) >= 11 is 7.39. The van der Waals surface area contributed by atoms with Crippen molar-refractivity contribution in [3.8, 4) is 0 Å². The molecule has 1 N–H and O–H groups in total. The number of rotatable bonds is 4. The minimum Gasteiger partial charge on any atom is -0.288 e. The summed E-state index contributed by atoms with van der Waals surface area (Å²) in [6.07, 6.45) is 1.55. The van der Waals surface area contributed by atoms with Gasteiger partial charge in [0.1, 0.15) is 17.0 Å². The highest BCUT2D eigenvalue weighted by atomic mass is 35.5. The van der Waals surface area contributed by atoms with Crippen molar-refractivity contribution >= 4 is 44.9 Å². The zero-order valence-corrected chi connectivity index (χ0v) is 14.9. The molecule has 0 fully saturated rings. The first-order valence-corrected chi connectivity index (χ1v) is 8.92. The van der Waals surface area contributed by atoms with Crippen LogP contribution < -0.4 is 5.32 Å². The summed E-state index contributed by atoms with van der Waals surface area (Å²) in [7, 11) is 0. The number of amides is 1. The largest absolute Gasteiger partial charge is 0.288 e. The summed E-state index contributed by atoms with van der Waals surface area (Å²) < 4.78 is 15.6. The molecule has 2 aromatic carbocycles. The van der Waals surface area contributed by atoms with Crippen molar-refractivity contribution in [3.05, 3.63) is 76.1 Å². The molecule has 130 valence electrons. The number of nitrogens with one attached hydrogen (secondary N) is 1. The first kappa shape index (κ1) is 16.7. The maximum absolute atomic E-state index is 13.3. The zero-order valence-electron chi connectivity index (χ0n) is 13.3. The van der Waals surface area contributed by atoms with E-state index in [0.29, 0.717) is 26.5 Å². The summed E-state index contributed by atoms with van der Waals surface area (Å²) in [5, 5.41) is 7.82. The normalized spacial score (nSPS) is 11.0. The smallest absolute Gasteiger partial charge is 0.269 e. The molecule has 26 heavy (non-hydrogen) atoms. The molecule has 0 aliphatic carbocycles. The predicted octanol–water partition coefficient (Wildman–Crippen LogP) is 4.59. The quantitative estimate of drug-likeness (QED) is 0.558. The van der Waals surface area contributed by atoms with Crippen molar-refractivity contribution in [2.45, 2.75) is 6.54 Å². The van der Waals surface area contributed by atoms with E-state index >= 15 is 0 Å². The van der Waals surface area contributed by atoms with Crippen LogP contribution in [0.15, 0.2) is 54.9 Å². The zero-order chi connectivity index (χ0) is 18.1. The van der Waals surface area contributed by atoms with E-state index in [1.54, 1.807) is 17.1 Å². The first-order chi connectivity index (χ1) is 12.6. The summed E-state index contributed by atoms with van der Waals surface area (Å²) in [4.78, 5) is 16.9. The second-order valence-corrected chi connectivity index (χ2v) is 7.02. The monoisotopic (exact) mass is 386 g/mol. The van der Waals surface area contributed by atoms with Crippen molar-refractivity contribution in [2.75, 3.05) is 5.32 Å². The Morgan fingerprint density at radius 2 is 2.04 bits per heavy atom. The number of thiophene rings is 1. The summed E-state index contributed by atoms with van der Waals surface area (Å²) in [6, 6.07) is 14.0. The van der Waals surface area contributed by atoms with E-state index < -0.39 is 5.91 Å². The third-order valence-electron chi connectivity index (χ3n) is 3.75. The SMILES string of the molecule is O=C(Nc1ncn(Cc2ccccc2)n1)c1sc2cc(F)ccc2c1Cl. The highest BCUT2D eigenvalue weighted by Crippen LogP contribution is 2.35. The first-order valence-electron chi connectivity index (χ1n) is 7.72. The number of fused-ring (bicyclic) bond motifs is 1. The molecule has 0 bridgehead atoms. The Bertz CT molecular complexity index is 1090. The minimum atomic E-state index is -0.422. The molecule has 4 aromatic rings. The van der Waals surface area contributed by atoms with Gasteiger partial charge in [0.15, 0.2) is 0 Å². The number of nitrogens with zero attached hydrogens (tertiary/aromatic N) is 3.